The second-order valence-electron chi connectivity index (χ2n) is 5.16. The minimum atomic E-state index is -0.152. The second kappa shape index (κ2) is 5.61. The van der Waals surface area contributed by atoms with Gasteiger partial charge in [0.25, 0.3) is 0 Å². The number of aliphatic hydroxyl groups excluding tert-OH is 1. The number of β-amino-alcohol motifs (C(OH)–C–C–N with tert-alkyl or cyclic N) is 1. The third kappa shape index (κ3) is 2.81. The highest BCUT2D eigenvalue weighted by atomic mass is 16.5. The molecule has 3 rings (SSSR count). The number of ether oxygens (including phenoxy) is 1. The van der Waals surface area contributed by atoms with Crippen LogP contribution in [0.4, 0.5) is 0 Å². The van der Waals surface area contributed by atoms with Crippen LogP contribution < -0.4 is 4.74 Å². The van der Waals surface area contributed by atoms with Gasteiger partial charge in [-0.15, -0.1) is 0 Å². The maximum atomic E-state index is 9.32. The van der Waals surface area contributed by atoms with Crippen molar-refractivity contribution in [2.24, 2.45) is 0 Å². The maximum absolute atomic E-state index is 9.32. The van der Waals surface area contributed by atoms with E-state index in [1.165, 1.54) is 5.56 Å². The van der Waals surface area contributed by atoms with Crippen molar-refractivity contribution in [3.63, 3.8) is 0 Å². The zero-order valence-corrected chi connectivity index (χ0v) is 11.5. The van der Waals surface area contributed by atoms with Gasteiger partial charge in [0.2, 0.25) is 0 Å². The van der Waals surface area contributed by atoms with Gasteiger partial charge in [-0.3, -0.25) is 9.88 Å². The summed E-state index contributed by atoms with van der Waals surface area (Å²) >= 11 is 0. The van der Waals surface area contributed by atoms with Gasteiger partial charge in [-0.2, -0.15) is 0 Å². The number of nitrogens with zero attached hydrogens (tertiary/aromatic N) is 2. The highest BCUT2D eigenvalue weighted by Crippen LogP contribution is 2.24. The largest absolute Gasteiger partial charge is 0.495 e. The van der Waals surface area contributed by atoms with E-state index in [9.17, 15) is 5.11 Å². The Morgan fingerprint density at radius 2 is 2.10 bits per heavy atom. The van der Waals surface area contributed by atoms with Crippen LogP contribution in [-0.2, 0) is 6.54 Å². The molecular formula is C16H18N2O2. The molecule has 1 aliphatic heterocycles. The number of hydrogen-bond acceptors (Lipinski definition) is 4. The molecule has 1 fully saturated rings. The van der Waals surface area contributed by atoms with Crippen LogP contribution in [0, 0.1) is 0 Å². The van der Waals surface area contributed by atoms with Crippen LogP contribution in [0.5, 0.6) is 5.75 Å². The number of likely N-dealkylation sites (tertiary alicyclic amines) is 1. The number of aromatic nitrogens is 1. The van der Waals surface area contributed by atoms with Crippen molar-refractivity contribution in [1.82, 2.24) is 9.88 Å². The van der Waals surface area contributed by atoms with Crippen molar-refractivity contribution in [3.8, 4) is 16.9 Å². The Labute approximate surface area is 118 Å². The van der Waals surface area contributed by atoms with Gasteiger partial charge < -0.3 is 9.84 Å². The molecule has 0 atom stereocenters. The Bertz CT molecular complexity index is 595. The summed E-state index contributed by atoms with van der Waals surface area (Å²) in [5, 5.41) is 9.32. The van der Waals surface area contributed by atoms with Crippen molar-refractivity contribution in [2.45, 2.75) is 12.6 Å². The first-order valence-corrected chi connectivity index (χ1v) is 6.73. The van der Waals surface area contributed by atoms with Crippen molar-refractivity contribution < 1.29 is 9.84 Å². The predicted molar refractivity (Wildman–Crippen MR) is 77.5 cm³/mol. The Morgan fingerprint density at radius 1 is 1.25 bits per heavy atom. The molecule has 20 heavy (non-hydrogen) atoms. The quantitative estimate of drug-likeness (QED) is 0.922. The SMILES string of the molecule is COc1cncc(-c2cccc(CN3CC(O)C3)c2)c1. The number of pyridine rings is 1. The monoisotopic (exact) mass is 270 g/mol. The first-order valence-electron chi connectivity index (χ1n) is 6.73. The number of benzene rings is 1. The van der Waals surface area contributed by atoms with E-state index >= 15 is 0 Å². The number of aliphatic hydroxyl groups is 1. The van der Waals surface area contributed by atoms with Crippen LogP contribution in [0.3, 0.4) is 0 Å². The molecule has 4 nitrogen and oxygen atoms in total. The van der Waals surface area contributed by atoms with Crippen LogP contribution in [0.15, 0.2) is 42.7 Å². The lowest BCUT2D eigenvalue weighted by molar-refractivity contribution is -0.00285. The Balaban J connectivity index is 1.79. The van der Waals surface area contributed by atoms with Gasteiger partial charge in [-0.25, -0.2) is 0 Å². The molecule has 0 bridgehead atoms. The Morgan fingerprint density at radius 3 is 2.85 bits per heavy atom. The topological polar surface area (TPSA) is 45.6 Å². The van der Waals surface area contributed by atoms with Gasteiger partial charge >= 0.3 is 0 Å². The molecule has 1 N–H and O–H groups in total. The Kier molecular flexibility index (Phi) is 3.67. The summed E-state index contributed by atoms with van der Waals surface area (Å²) in [6, 6.07) is 10.4. The average molecular weight is 270 g/mol. The second-order valence-corrected chi connectivity index (χ2v) is 5.16. The van der Waals surface area contributed by atoms with Crippen molar-refractivity contribution in [3.05, 3.63) is 48.3 Å². The summed E-state index contributed by atoms with van der Waals surface area (Å²) in [6.45, 7) is 2.41. The zero-order valence-electron chi connectivity index (χ0n) is 11.5. The van der Waals surface area contributed by atoms with Crippen LogP contribution in [-0.4, -0.2) is 41.3 Å². The van der Waals surface area contributed by atoms with E-state index < -0.39 is 0 Å². The van der Waals surface area contributed by atoms with Gasteiger partial charge in [0.15, 0.2) is 0 Å². The number of hydrogen-bond donors (Lipinski definition) is 1. The van der Waals surface area contributed by atoms with Crippen molar-refractivity contribution in [1.29, 1.82) is 0 Å². The van der Waals surface area contributed by atoms with Gasteiger partial charge in [-0.1, -0.05) is 18.2 Å². The molecule has 104 valence electrons. The highest BCUT2D eigenvalue weighted by Gasteiger charge is 2.23. The van der Waals surface area contributed by atoms with E-state index in [1.54, 1.807) is 13.3 Å². The fourth-order valence-electron chi connectivity index (χ4n) is 2.47. The lowest BCUT2D eigenvalue weighted by Gasteiger charge is -2.35. The summed E-state index contributed by atoms with van der Waals surface area (Å²) in [4.78, 5) is 6.42. The minimum absolute atomic E-state index is 0.152. The lowest BCUT2D eigenvalue weighted by atomic mass is 10.0. The van der Waals surface area contributed by atoms with E-state index in [-0.39, 0.29) is 6.10 Å². The summed E-state index contributed by atoms with van der Waals surface area (Å²) in [5.74, 6) is 0.763. The molecule has 1 aromatic carbocycles. The molecule has 1 aliphatic rings. The molecular weight excluding hydrogens is 252 g/mol. The zero-order chi connectivity index (χ0) is 13.9. The van der Waals surface area contributed by atoms with Crippen LogP contribution in [0.1, 0.15) is 5.56 Å². The molecule has 2 heterocycles. The normalized spacial score (nSPS) is 15.9. The third-order valence-corrected chi connectivity index (χ3v) is 3.55. The van der Waals surface area contributed by atoms with E-state index in [0.717, 1.165) is 36.5 Å². The van der Waals surface area contributed by atoms with Gasteiger partial charge in [0.1, 0.15) is 5.75 Å². The first-order chi connectivity index (χ1) is 9.74. The standard InChI is InChI=1S/C16H18N2O2/c1-20-16-6-14(7-17-8-16)13-4-2-3-12(5-13)9-18-10-15(19)11-18/h2-8,15,19H,9-11H2,1H3. The molecule has 0 aliphatic carbocycles. The summed E-state index contributed by atoms with van der Waals surface area (Å²) < 4.78 is 5.21. The fourth-order valence-corrected chi connectivity index (χ4v) is 2.47. The third-order valence-electron chi connectivity index (χ3n) is 3.55. The summed E-state index contributed by atoms with van der Waals surface area (Å²) in [5.41, 5.74) is 3.43. The molecule has 0 radical (unpaired) electrons. The van der Waals surface area contributed by atoms with E-state index in [4.69, 9.17) is 4.74 Å². The van der Waals surface area contributed by atoms with Gasteiger partial charge in [-0.05, 0) is 23.3 Å². The smallest absolute Gasteiger partial charge is 0.137 e. The van der Waals surface area contributed by atoms with Crippen LogP contribution >= 0.6 is 0 Å². The van der Waals surface area contributed by atoms with E-state index in [2.05, 4.69) is 34.1 Å². The fraction of sp³-hybridized carbons (Fsp3) is 0.312. The molecule has 0 spiro atoms. The molecule has 1 saturated heterocycles. The average Bonchev–Trinajstić information content (AvgIpc) is 2.46. The van der Waals surface area contributed by atoms with Crippen LogP contribution in [0.2, 0.25) is 0 Å². The maximum Gasteiger partial charge on any atom is 0.137 e. The molecule has 0 unspecified atom stereocenters. The number of methoxy groups -OCH3 is 1. The Hall–Kier alpha value is -1.91. The molecule has 2 aromatic rings. The lowest BCUT2D eigenvalue weighted by Crippen LogP contribution is -2.49. The van der Waals surface area contributed by atoms with Crippen LogP contribution in [0.25, 0.3) is 11.1 Å². The van der Waals surface area contributed by atoms with Gasteiger partial charge in [0.05, 0.1) is 19.4 Å². The first kappa shape index (κ1) is 13.1. The highest BCUT2D eigenvalue weighted by molar-refractivity contribution is 5.64. The van der Waals surface area contributed by atoms with Crippen molar-refractivity contribution in [2.75, 3.05) is 20.2 Å². The predicted octanol–water partition coefficient (Wildman–Crippen LogP) is 1.93. The molecule has 4 heteroatoms. The van der Waals surface area contributed by atoms with Gasteiger partial charge in [0, 0.05) is 31.4 Å². The summed E-state index contributed by atoms with van der Waals surface area (Å²) in [6.07, 6.45) is 3.39. The summed E-state index contributed by atoms with van der Waals surface area (Å²) in [7, 11) is 1.65. The van der Waals surface area contributed by atoms with Crippen molar-refractivity contribution >= 4 is 0 Å². The van der Waals surface area contributed by atoms with E-state index in [0.29, 0.717) is 0 Å². The number of rotatable bonds is 4. The van der Waals surface area contributed by atoms with E-state index in [1.807, 2.05) is 12.3 Å². The molecule has 0 amide bonds. The minimum Gasteiger partial charge on any atom is -0.495 e. The molecule has 0 saturated carbocycles. The molecule has 1 aromatic heterocycles.